The number of nitrogens with one attached hydrogen (secondary N) is 2. The van der Waals surface area contributed by atoms with Gasteiger partial charge in [-0.1, -0.05) is 26.7 Å². The number of carbonyl (C=O) groups excluding carboxylic acids is 2. The fourth-order valence-corrected chi connectivity index (χ4v) is 2.94. The Labute approximate surface area is 137 Å². The van der Waals surface area contributed by atoms with E-state index in [0.29, 0.717) is 26.0 Å². The van der Waals surface area contributed by atoms with Crippen LogP contribution in [0.15, 0.2) is 0 Å². The van der Waals surface area contributed by atoms with Crippen LogP contribution in [0.2, 0.25) is 0 Å². The van der Waals surface area contributed by atoms with E-state index in [4.69, 9.17) is 4.74 Å². The summed E-state index contributed by atoms with van der Waals surface area (Å²) < 4.78 is 4.90. The summed E-state index contributed by atoms with van der Waals surface area (Å²) in [6, 6.07) is -0.929. The maximum Gasteiger partial charge on any atom is 0.326 e. The molecule has 1 aliphatic carbocycles. The van der Waals surface area contributed by atoms with E-state index in [1.165, 1.54) is 0 Å². The van der Waals surface area contributed by atoms with Crippen molar-refractivity contribution in [1.29, 1.82) is 0 Å². The highest BCUT2D eigenvalue weighted by atomic mass is 16.5. The Kier molecular flexibility index (Phi) is 8.02. The molecular weight excluding hydrogens is 300 g/mol. The zero-order chi connectivity index (χ0) is 17.4. The number of carboxylic acid groups (broad SMARTS) is 1. The molecule has 0 aromatic rings. The number of carbonyl (C=O) groups is 3. The topological polar surface area (TPSA) is 105 Å². The Hall–Kier alpha value is -1.63. The van der Waals surface area contributed by atoms with Gasteiger partial charge in [0, 0.05) is 25.5 Å². The van der Waals surface area contributed by atoms with Crippen molar-refractivity contribution in [3.8, 4) is 0 Å². The molecule has 0 saturated heterocycles. The summed E-state index contributed by atoms with van der Waals surface area (Å²) in [7, 11) is 1.56. The van der Waals surface area contributed by atoms with Crippen molar-refractivity contribution in [3.05, 3.63) is 0 Å². The molecule has 3 N–H and O–H groups in total. The summed E-state index contributed by atoms with van der Waals surface area (Å²) in [5.41, 5.74) is 0. The molecule has 0 aliphatic heterocycles. The maximum atomic E-state index is 12.5. The number of rotatable bonds is 8. The van der Waals surface area contributed by atoms with E-state index < -0.39 is 23.8 Å². The zero-order valence-corrected chi connectivity index (χ0v) is 14.1. The van der Waals surface area contributed by atoms with Gasteiger partial charge in [-0.3, -0.25) is 9.59 Å². The van der Waals surface area contributed by atoms with Gasteiger partial charge in [-0.2, -0.15) is 0 Å². The van der Waals surface area contributed by atoms with E-state index in [2.05, 4.69) is 10.6 Å². The van der Waals surface area contributed by atoms with Crippen LogP contribution in [0.3, 0.4) is 0 Å². The van der Waals surface area contributed by atoms with Crippen LogP contribution in [0.1, 0.15) is 39.5 Å². The van der Waals surface area contributed by atoms with Gasteiger partial charge in [-0.15, -0.1) is 0 Å². The summed E-state index contributed by atoms with van der Waals surface area (Å²) in [6.07, 6.45) is 3.03. The largest absolute Gasteiger partial charge is 0.480 e. The third-order valence-corrected chi connectivity index (χ3v) is 4.28. The molecule has 1 rings (SSSR count). The van der Waals surface area contributed by atoms with Gasteiger partial charge in [-0.25, -0.2) is 4.79 Å². The molecule has 23 heavy (non-hydrogen) atoms. The lowest BCUT2D eigenvalue weighted by Gasteiger charge is -2.31. The summed E-state index contributed by atoms with van der Waals surface area (Å²) in [5, 5.41) is 14.6. The van der Waals surface area contributed by atoms with E-state index in [1.807, 2.05) is 0 Å². The molecular formula is C16H28N2O5. The Balaban J connectivity index is 2.70. The Morgan fingerprint density at radius 3 is 2.17 bits per heavy atom. The van der Waals surface area contributed by atoms with Crippen molar-refractivity contribution in [2.75, 3.05) is 20.3 Å². The molecule has 2 amide bonds. The lowest BCUT2D eigenvalue weighted by molar-refractivity contribution is -0.145. The summed E-state index contributed by atoms with van der Waals surface area (Å²) in [5.74, 6) is -2.62. The van der Waals surface area contributed by atoms with E-state index >= 15 is 0 Å². The quantitative estimate of drug-likeness (QED) is 0.571. The maximum absolute atomic E-state index is 12.5. The molecule has 0 heterocycles. The second kappa shape index (κ2) is 9.50. The molecule has 1 aliphatic rings. The van der Waals surface area contributed by atoms with Gasteiger partial charge in [0.15, 0.2) is 0 Å². The van der Waals surface area contributed by atoms with Crippen molar-refractivity contribution in [1.82, 2.24) is 10.6 Å². The van der Waals surface area contributed by atoms with Crippen LogP contribution < -0.4 is 10.6 Å². The number of carboxylic acids is 1. The minimum Gasteiger partial charge on any atom is -0.480 e. The Morgan fingerprint density at radius 1 is 1.13 bits per heavy atom. The van der Waals surface area contributed by atoms with Gasteiger partial charge < -0.3 is 20.5 Å². The Bertz CT molecular complexity index is 425. The molecule has 0 radical (unpaired) electrons. The van der Waals surface area contributed by atoms with Crippen LogP contribution in [-0.2, 0) is 19.1 Å². The van der Waals surface area contributed by atoms with Crippen molar-refractivity contribution >= 4 is 17.8 Å². The molecule has 3 unspecified atom stereocenters. The molecule has 1 fully saturated rings. The monoisotopic (exact) mass is 328 g/mol. The lowest BCUT2D eigenvalue weighted by atomic mass is 9.78. The van der Waals surface area contributed by atoms with E-state index in [9.17, 15) is 19.5 Å². The fraction of sp³-hybridized carbons (Fsp3) is 0.812. The van der Waals surface area contributed by atoms with Gasteiger partial charge in [-0.05, 0) is 18.8 Å². The predicted molar refractivity (Wildman–Crippen MR) is 84.7 cm³/mol. The SMILES string of the molecule is COCCNC(=O)C1CCCCC1C(=O)NC(C(=O)O)C(C)C. The van der Waals surface area contributed by atoms with E-state index in [0.717, 1.165) is 12.8 Å². The van der Waals surface area contributed by atoms with Crippen molar-refractivity contribution < 1.29 is 24.2 Å². The van der Waals surface area contributed by atoms with Crippen molar-refractivity contribution in [2.45, 2.75) is 45.6 Å². The van der Waals surface area contributed by atoms with Gasteiger partial charge in [0.2, 0.25) is 11.8 Å². The second-order valence-electron chi connectivity index (χ2n) is 6.35. The fourth-order valence-electron chi connectivity index (χ4n) is 2.94. The lowest BCUT2D eigenvalue weighted by Crippen LogP contribution is -2.50. The van der Waals surface area contributed by atoms with E-state index in [1.54, 1.807) is 21.0 Å². The summed E-state index contributed by atoms with van der Waals surface area (Å²) >= 11 is 0. The molecule has 0 bridgehead atoms. The number of aliphatic carboxylic acids is 1. The first-order valence-corrected chi connectivity index (χ1v) is 8.18. The number of amides is 2. The highest BCUT2D eigenvalue weighted by molar-refractivity contribution is 5.90. The molecule has 0 aromatic heterocycles. The van der Waals surface area contributed by atoms with Crippen molar-refractivity contribution in [2.24, 2.45) is 17.8 Å². The van der Waals surface area contributed by atoms with Gasteiger partial charge in [0.05, 0.1) is 6.61 Å². The minimum atomic E-state index is -1.05. The number of hydrogen-bond donors (Lipinski definition) is 3. The molecule has 7 nitrogen and oxygen atoms in total. The average molecular weight is 328 g/mol. The Morgan fingerprint density at radius 2 is 1.70 bits per heavy atom. The summed E-state index contributed by atoms with van der Waals surface area (Å²) in [6.45, 7) is 4.32. The highest BCUT2D eigenvalue weighted by Gasteiger charge is 2.37. The van der Waals surface area contributed by atoms with Gasteiger partial charge >= 0.3 is 5.97 Å². The van der Waals surface area contributed by atoms with Crippen LogP contribution in [0.4, 0.5) is 0 Å². The van der Waals surface area contributed by atoms with Gasteiger partial charge in [0.25, 0.3) is 0 Å². The van der Waals surface area contributed by atoms with Crippen LogP contribution in [0.25, 0.3) is 0 Å². The normalized spacial score (nSPS) is 22.4. The zero-order valence-electron chi connectivity index (χ0n) is 14.1. The highest BCUT2D eigenvalue weighted by Crippen LogP contribution is 2.30. The third kappa shape index (κ3) is 5.82. The molecule has 0 aromatic carbocycles. The molecule has 132 valence electrons. The molecule has 3 atom stereocenters. The van der Waals surface area contributed by atoms with Crippen LogP contribution in [0, 0.1) is 17.8 Å². The van der Waals surface area contributed by atoms with E-state index in [-0.39, 0.29) is 17.7 Å². The first kappa shape index (κ1) is 19.4. The van der Waals surface area contributed by atoms with Crippen LogP contribution in [-0.4, -0.2) is 49.2 Å². The molecule has 1 saturated carbocycles. The standard InChI is InChI=1S/C16H28N2O5/c1-10(2)13(16(21)22)18-15(20)12-7-5-4-6-11(12)14(19)17-8-9-23-3/h10-13H,4-9H2,1-3H3,(H,17,19)(H,18,20)(H,21,22). The number of hydrogen-bond acceptors (Lipinski definition) is 4. The number of ether oxygens (including phenoxy) is 1. The van der Waals surface area contributed by atoms with Gasteiger partial charge in [0.1, 0.15) is 6.04 Å². The average Bonchev–Trinajstić information content (AvgIpc) is 2.51. The smallest absolute Gasteiger partial charge is 0.326 e. The third-order valence-electron chi connectivity index (χ3n) is 4.28. The predicted octanol–water partition coefficient (Wildman–Crippen LogP) is 0.781. The minimum absolute atomic E-state index is 0.154. The summed E-state index contributed by atoms with van der Waals surface area (Å²) in [4.78, 5) is 36.0. The van der Waals surface area contributed by atoms with Crippen LogP contribution >= 0.6 is 0 Å². The first-order valence-electron chi connectivity index (χ1n) is 8.18. The number of methoxy groups -OCH3 is 1. The molecule has 0 spiro atoms. The second-order valence-corrected chi connectivity index (χ2v) is 6.35. The van der Waals surface area contributed by atoms with Crippen LogP contribution in [0.5, 0.6) is 0 Å². The first-order chi connectivity index (χ1) is 10.9. The van der Waals surface area contributed by atoms with Crippen molar-refractivity contribution in [3.63, 3.8) is 0 Å². The molecule has 7 heteroatoms.